The van der Waals surface area contributed by atoms with E-state index in [1.54, 1.807) is 24.3 Å². The minimum Gasteiger partial charge on any atom is -0.339 e. The Morgan fingerprint density at radius 3 is 2.81 bits per heavy atom. The lowest BCUT2D eigenvalue weighted by Gasteiger charge is -2.16. The van der Waals surface area contributed by atoms with Gasteiger partial charge < -0.3 is 9.42 Å². The van der Waals surface area contributed by atoms with E-state index in [0.717, 1.165) is 18.2 Å². The number of benzene rings is 2. The summed E-state index contributed by atoms with van der Waals surface area (Å²) in [7, 11) is 0. The van der Waals surface area contributed by atoms with E-state index in [1.807, 2.05) is 0 Å². The number of halogens is 3. The Kier molecular flexibility index (Phi) is 4.16. The second-order valence-corrected chi connectivity index (χ2v) is 6.34. The van der Waals surface area contributed by atoms with Gasteiger partial charge in [-0.1, -0.05) is 28.9 Å². The summed E-state index contributed by atoms with van der Waals surface area (Å²) in [5.41, 5.74) is 0.518. The van der Waals surface area contributed by atoms with E-state index in [4.69, 9.17) is 16.1 Å². The van der Waals surface area contributed by atoms with Gasteiger partial charge in [-0.05, 0) is 24.3 Å². The van der Waals surface area contributed by atoms with E-state index in [9.17, 15) is 13.6 Å². The first kappa shape index (κ1) is 16.7. The number of rotatable bonds is 3. The van der Waals surface area contributed by atoms with Crippen molar-refractivity contribution < 1.29 is 18.1 Å². The van der Waals surface area contributed by atoms with Gasteiger partial charge in [0.25, 0.3) is 0 Å². The van der Waals surface area contributed by atoms with Crippen LogP contribution in [0, 0.1) is 11.6 Å². The van der Waals surface area contributed by atoms with Crippen LogP contribution in [0.5, 0.6) is 0 Å². The molecule has 1 amide bonds. The Morgan fingerprint density at radius 2 is 2.00 bits per heavy atom. The molecule has 1 aliphatic heterocycles. The Hall–Kier alpha value is -2.80. The van der Waals surface area contributed by atoms with Gasteiger partial charge >= 0.3 is 0 Å². The van der Waals surface area contributed by atoms with Crippen molar-refractivity contribution in [2.75, 3.05) is 11.4 Å². The second kappa shape index (κ2) is 6.49. The maximum Gasteiger partial charge on any atom is 0.232 e. The van der Waals surface area contributed by atoms with Crippen LogP contribution in [-0.2, 0) is 4.79 Å². The van der Waals surface area contributed by atoms with Crippen LogP contribution in [-0.4, -0.2) is 22.6 Å². The average molecular weight is 376 g/mol. The fraction of sp³-hybridized carbons (Fsp3) is 0.167. The smallest absolute Gasteiger partial charge is 0.232 e. The number of amides is 1. The van der Waals surface area contributed by atoms with Gasteiger partial charge in [-0.3, -0.25) is 4.79 Å². The molecule has 0 N–H and O–H groups in total. The lowest BCUT2D eigenvalue weighted by Crippen LogP contribution is -2.25. The molecule has 3 aromatic rings. The van der Waals surface area contributed by atoms with E-state index >= 15 is 0 Å². The molecule has 0 saturated carbocycles. The van der Waals surface area contributed by atoms with Crippen LogP contribution in [0.25, 0.3) is 11.4 Å². The molecule has 1 aromatic heterocycles. The van der Waals surface area contributed by atoms with E-state index in [0.29, 0.717) is 16.4 Å². The number of aromatic nitrogens is 2. The van der Waals surface area contributed by atoms with E-state index in [-0.39, 0.29) is 30.5 Å². The van der Waals surface area contributed by atoms with Crippen LogP contribution in [0.1, 0.15) is 18.2 Å². The van der Waals surface area contributed by atoms with E-state index < -0.39 is 17.6 Å². The number of carbonyl (C=O) groups excluding carboxylic acids is 1. The summed E-state index contributed by atoms with van der Waals surface area (Å²) in [6, 6.07) is 10.0. The van der Waals surface area contributed by atoms with Crippen LogP contribution in [0.15, 0.2) is 47.0 Å². The largest absolute Gasteiger partial charge is 0.339 e. The third-order valence-corrected chi connectivity index (χ3v) is 4.56. The molecule has 5 nitrogen and oxygen atoms in total. The molecule has 0 bridgehead atoms. The fourth-order valence-corrected chi connectivity index (χ4v) is 3.17. The molecule has 0 aliphatic carbocycles. The monoisotopic (exact) mass is 375 g/mol. The van der Waals surface area contributed by atoms with Crippen LogP contribution in [0.2, 0.25) is 5.02 Å². The number of carbonyl (C=O) groups is 1. The highest BCUT2D eigenvalue weighted by molar-refractivity contribution is 6.33. The number of nitrogens with zero attached hydrogens (tertiary/aromatic N) is 3. The molecule has 26 heavy (non-hydrogen) atoms. The molecule has 132 valence electrons. The minimum atomic E-state index is -0.664. The van der Waals surface area contributed by atoms with Gasteiger partial charge in [0.1, 0.15) is 11.6 Å². The molecule has 1 fully saturated rings. The Balaban J connectivity index is 1.60. The lowest BCUT2D eigenvalue weighted by molar-refractivity contribution is -0.117. The zero-order chi connectivity index (χ0) is 18.3. The molecular formula is C18H12ClF2N3O2. The molecular weight excluding hydrogens is 364 g/mol. The summed E-state index contributed by atoms with van der Waals surface area (Å²) < 4.78 is 32.7. The van der Waals surface area contributed by atoms with Crippen molar-refractivity contribution in [2.24, 2.45) is 0 Å². The standard InChI is InChI=1S/C18H12ClF2N3O2/c19-13-4-2-1-3-12(13)17-22-18(26-23-17)10-7-16(25)24(9-10)15-8-11(20)5-6-14(15)21/h1-6,8,10H,7,9H2. The van der Waals surface area contributed by atoms with Gasteiger partial charge in [-0.2, -0.15) is 4.98 Å². The third-order valence-electron chi connectivity index (χ3n) is 4.23. The summed E-state index contributed by atoms with van der Waals surface area (Å²) in [5.74, 6) is -1.45. The molecule has 2 aromatic carbocycles. The number of hydrogen-bond acceptors (Lipinski definition) is 4. The molecule has 4 rings (SSSR count). The lowest BCUT2D eigenvalue weighted by atomic mass is 10.1. The highest BCUT2D eigenvalue weighted by Crippen LogP contribution is 2.34. The maximum absolute atomic E-state index is 14.0. The summed E-state index contributed by atoms with van der Waals surface area (Å²) in [4.78, 5) is 17.8. The van der Waals surface area contributed by atoms with Gasteiger partial charge in [-0.15, -0.1) is 0 Å². The second-order valence-electron chi connectivity index (χ2n) is 5.94. The number of anilines is 1. The normalized spacial score (nSPS) is 17.1. The van der Waals surface area contributed by atoms with E-state index in [2.05, 4.69) is 10.1 Å². The SMILES string of the molecule is O=C1CC(c2nc(-c3ccccc3Cl)no2)CN1c1cc(F)ccc1F. The van der Waals surface area contributed by atoms with Crippen LogP contribution in [0.3, 0.4) is 0 Å². The van der Waals surface area contributed by atoms with Crippen molar-refractivity contribution in [3.05, 3.63) is 65.0 Å². The number of hydrogen-bond donors (Lipinski definition) is 0. The van der Waals surface area contributed by atoms with Crippen molar-refractivity contribution in [1.29, 1.82) is 0 Å². The molecule has 1 atom stereocenters. The topological polar surface area (TPSA) is 59.2 Å². The molecule has 0 spiro atoms. The predicted molar refractivity (Wildman–Crippen MR) is 90.8 cm³/mol. The quantitative estimate of drug-likeness (QED) is 0.688. The highest BCUT2D eigenvalue weighted by Gasteiger charge is 2.36. The molecule has 1 aliphatic rings. The van der Waals surface area contributed by atoms with Crippen molar-refractivity contribution in [1.82, 2.24) is 10.1 Å². The predicted octanol–water partition coefficient (Wildman–Crippen LogP) is 4.19. The minimum absolute atomic E-state index is 0.0696. The van der Waals surface area contributed by atoms with Crippen LogP contribution < -0.4 is 4.90 Å². The van der Waals surface area contributed by atoms with Crippen molar-refractivity contribution in [2.45, 2.75) is 12.3 Å². The Bertz CT molecular complexity index is 992. The molecule has 1 unspecified atom stereocenters. The summed E-state index contributed by atoms with van der Waals surface area (Å²) in [6.07, 6.45) is 0.0696. The van der Waals surface area contributed by atoms with Gasteiger partial charge in [-0.25, -0.2) is 8.78 Å². The van der Waals surface area contributed by atoms with Gasteiger partial charge in [0.2, 0.25) is 17.6 Å². The zero-order valence-electron chi connectivity index (χ0n) is 13.3. The van der Waals surface area contributed by atoms with Gasteiger partial charge in [0.05, 0.1) is 16.6 Å². The van der Waals surface area contributed by atoms with Gasteiger partial charge in [0.15, 0.2) is 0 Å². The fourth-order valence-electron chi connectivity index (χ4n) is 2.95. The van der Waals surface area contributed by atoms with Crippen LogP contribution in [0.4, 0.5) is 14.5 Å². The van der Waals surface area contributed by atoms with Crippen molar-refractivity contribution in [3.63, 3.8) is 0 Å². The molecule has 8 heteroatoms. The first-order valence-corrected chi connectivity index (χ1v) is 8.24. The van der Waals surface area contributed by atoms with E-state index in [1.165, 1.54) is 4.90 Å². The zero-order valence-corrected chi connectivity index (χ0v) is 14.1. The summed E-state index contributed by atoms with van der Waals surface area (Å²) in [6.45, 7) is 0.128. The Labute approximate surface area is 152 Å². The van der Waals surface area contributed by atoms with Gasteiger partial charge in [0, 0.05) is 24.6 Å². The molecule has 0 radical (unpaired) electrons. The summed E-state index contributed by atoms with van der Waals surface area (Å²) >= 11 is 6.13. The highest BCUT2D eigenvalue weighted by atomic mass is 35.5. The first-order valence-electron chi connectivity index (χ1n) is 7.87. The first-order chi connectivity index (χ1) is 12.5. The van der Waals surface area contributed by atoms with Crippen molar-refractivity contribution >= 4 is 23.2 Å². The average Bonchev–Trinajstić information content (AvgIpc) is 3.24. The summed E-state index contributed by atoms with van der Waals surface area (Å²) in [5, 5.41) is 4.39. The third kappa shape index (κ3) is 2.94. The van der Waals surface area contributed by atoms with Crippen molar-refractivity contribution in [3.8, 4) is 11.4 Å². The Morgan fingerprint density at radius 1 is 1.19 bits per heavy atom. The molecule has 1 saturated heterocycles. The maximum atomic E-state index is 14.0. The molecule has 2 heterocycles. The van der Waals surface area contributed by atoms with Crippen LogP contribution >= 0.6 is 11.6 Å².